The largest absolute Gasteiger partial charge is 0.350 e. The van der Waals surface area contributed by atoms with Gasteiger partial charge in [0.15, 0.2) is 0 Å². The molecule has 0 aromatic heterocycles. The van der Waals surface area contributed by atoms with Crippen LogP contribution in [0.25, 0.3) is 0 Å². The molecule has 2 amide bonds. The Morgan fingerprint density at radius 1 is 1.55 bits per heavy atom. The molecule has 0 atom stereocenters. The lowest BCUT2D eigenvalue weighted by Gasteiger charge is -2.07. The molecule has 0 unspecified atom stereocenters. The summed E-state index contributed by atoms with van der Waals surface area (Å²) in [6.07, 6.45) is 4.98. The molecule has 0 aliphatic heterocycles. The van der Waals surface area contributed by atoms with Gasteiger partial charge in [0.05, 0.1) is 6.61 Å². The van der Waals surface area contributed by atoms with E-state index in [1.165, 1.54) is 25.7 Å². The van der Waals surface area contributed by atoms with Crippen LogP contribution in [0.15, 0.2) is 0 Å². The van der Waals surface area contributed by atoms with E-state index in [1.54, 1.807) is 0 Å². The van der Waals surface area contributed by atoms with Gasteiger partial charge >= 0.3 is 6.03 Å². The van der Waals surface area contributed by atoms with Crippen molar-refractivity contribution in [1.29, 1.82) is 0 Å². The van der Waals surface area contributed by atoms with Gasteiger partial charge in [0.1, 0.15) is 0 Å². The Balaban J connectivity index is 1.98. The molecule has 1 rings (SSSR count). The highest BCUT2D eigenvalue weighted by Gasteiger charge is 2.14. The fourth-order valence-corrected chi connectivity index (χ4v) is 1.41. The maximum absolute atomic E-state index is 10.2. The summed E-state index contributed by atoms with van der Waals surface area (Å²) in [6.45, 7) is 0.600. The molecule has 4 nitrogen and oxygen atoms in total. The van der Waals surface area contributed by atoms with Crippen molar-refractivity contribution in [2.75, 3.05) is 6.61 Å². The van der Waals surface area contributed by atoms with Gasteiger partial charge in [0.2, 0.25) is 0 Å². The average Bonchev–Trinajstić information content (AvgIpc) is 2.39. The Kier molecular flexibility index (Phi) is 3.16. The Morgan fingerprint density at radius 3 is 2.73 bits per heavy atom. The zero-order chi connectivity index (χ0) is 8.10. The second kappa shape index (κ2) is 4.18. The van der Waals surface area contributed by atoms with Crippen LogP contribution in [0.4, 0.5) is 4.79 Å². The number of nitrogens with one attached hydrogen (secondary N) is 1. The summed E-state index contributed by atoms with van der Waals surface area (Å²) in [5.41, 5.74) is 6.91. The molecule has 0 saturated heterocycles. The van der Waals surface area contributed by atoms with E-state index < -0.39 is 6.03 Å². The summed E-state index contributed by atoms with van der Waals surface area (Å²) in [6, 6.07) is -0.622. The van der Waals surface area contributed by atoms with Crippen LogP contribution in [0.1, 0.15) is 25.7 Å². The molecule has 1 saturated carbocycles. The van der Waals surface area contributed by atoms with Crippen LogP contribution < -0.4 is 11.2 Å². The smallest absolute Gasteiger partial charge is 0.336 e. The fourth-order valence-electron chi connectivity index (χ4n) is 1.41. The van der Waals surface area contributed by atoms with Crippen molar-refractivity contribution in [3.05, 3.63) is 0 Å². The molecule has 0 spiro atoms. The number of hydrogen-bond donors (Lipinski definition) is 2. The minimum absolute atomic E-state index is 0.600. The maximum atomic E-state index is 10.2. The quantitative estimate of drug-likeness (QED) is 0.596. The van der Waals surface area contributed by atoms with E-state index in [-0.39, 0.29) is 0 Å². The number of carbonyl (C=O) groups excluding carboxylic acids is 1. The van der Waals surface area contributed by atoms with Crippen molar-refractivity contribution in [1.82, 2.24) is 5.48 Å². The summed E-state index contributed by atoms with van der Waals surface area (Å²) < 4.78 is 0. The molecule has 3 N–H and O–H groups in total. The van der Waals surface area contributed by atoms with Crippen LogP contribution in [0, 0.1) is 5.92 Å². The predicted octanol–water partition coefficient (Wildman–Crippen LogP) is 0.776. The molecular weight excluding hydrogens is 144 g/mol. The first-order chi connectivity index (χ1) is 5.29. The highest BCUT2D eigenvalue weighted by atomic mass is 16.7. The third kappa shape index (κ3) is 3.23. The van der Waals surface area contributed by atoms with Crippen molar-refractivity contribution in [2.24, 2.45) is 11.7 Å². The predicted molar refractivity (Wildman–Crippen MR) is 40.6 cm³/mol. The second-order valence-electron chi connectivity index (χ2n) is 2.93. The molecular formula is C7H14N2O2. The minimum Gasteiger partial charge on any atom is -0.350 e. The van der Waals surface area contributed by atoms with E-state index in [4.69, 9.17) is 10.6 Å². The summed E-state index contributed by atoms with van der Waals surface area (Å²) in [5.74, 6) is 0.613. The van der Waals surface area contributed by atoms with E-state index in [0.29, 0.717) is 12.5 Å². The summed E-state index contributed by atoms with van der Waals surface area (Å²) in [4.78, 5) is 15.0. The van der Waals surface area contributed by atoms with E-state index in [1.807, 2.05) is 0 Å². The van der Waals surface area contributed by atoms with Crippen LogP contribution in [0.2, 0.25) is 0 Å². The number of hydroxylamine groups is 1. The van der Waals surface area contributed by atoms with E-state index in [9.17, 15) is 4.79 Å². The number of rotatable bonds is 3. The molecule has 1 aliphatic rings. The molecule has 11 heavy (non-hydrogen) atoms. The number of primary amides is 1. The minimum atomic E-state index is -0.622. The van der Waals surface area contributed by atoms with Gasteiger partial charge < -0.3 is 5.73 Å². The first-order valence-corrected chi connectivity index (χ1v) is 3.96. The fraction of sp³-hybridized carbons (Fsp3) is 0.857. The van der Waals surface area contributed by atoms with E-state index in [2.05, 4.69) is 5.48 Å². The number of urea groups is 1. The monoisotopic (exact) mass is 158 g/mol. The third-order valence-electron chi connectivity index (χ3n) is 1.97. The van der Waals surface area contributed by atoms with Gasteiger partial charge in [-0.05, 0) is 18.8 Å². The normalized spacial score (nSPS) is 18.5. The highest BCUT2D eigenvalue weighted by Crippen LogP contribution is 2.24. The molecule has 1 fully saturated rings. The number of hydrogen-bond acceptors (Lipinski definition) is 2. The molecule has 4 heteroatoms. The van der Waals surface area contributed by atoms with Crippen molar-refractivity contribution < 1.29 is 9.63 Å². The van der Waals surface area contributed by atoms with Crippen LogP contribution in [0.3, 0.4) is 0 Å². The van der Waals surface area contributed by atoms with Gasteiger partial charge in [-0.2, -0.15) is 0 Å². The topological polar surface area (TPSA) is 64.4 Å². The van der Waals surface area contributed by atoms with Gasteiger partial charge in [-0.15, -0.1) is 0 Å². The molecule has 0 aromatic rings. The van der Waals surface area contributed by atoms with Gasteiger partial charge in [-0.3, -0.25) is 4.84 Å². The molecule has 64 valence electrons. The summed E-state index contributed by atoms with van der Waals surface area (Å²) in [7, 11) is 0. The van der Waals surface area contributed by atoms with Crippen LogP contribution >= 0.6 is 0 Å². The number of amides is 2. The van der Waals surface area contributed by atoms with Crippen molar-refractivity contribution in [3.8, 4) is 0 Å². The lowest BCUT2D eigenvalue weighted by Crippen LogP contribution is -2.30. The van der Waals surface area contributed by atoms with Gasteiger partial charge in [0.25, 0.3) is 0 Å². The molecule has 0 heterocycles. The van der Waals surface area contributed by atoms with E-state index in [0.717, 1.165) is 0 Å². The Labute approximate surface area is 66.0 Å². The average molecular weight is 158 g/mol. The van der Waals surface area contributed by atoms with Crippen molar-refractivity contribution in [2.45, 2.75) is 25.7 Å². The standard InChI is InChI=1S/C7H14N2O2/c8-7(10)9-11-5-6-3-1-2-4-6/h6H,1-5H2,(H3,8,9,10). The highest BCUT2D eigenvalue weighted by molar-refractivity contribution is 5.70. The first kappa shape index (κ1) is 8.33. The number of nitrogens with two attached hydrogens (primary N) is 1. The van der Waals surface area contributed by atoms with E-state index >= 15 is 0 Å². The van der Waals surface area contributed by atoms with Crippen molar-refractivity contribution in [3.63, 3.8) is 0 Å². The third-order valence-corrected chi connectivity index (χ3v) is 1.97. The van der Waals surface area contributed by atoms with Crippen LogP contribution in [-0.2, 0) is 4.84 Å². The lowest BCUT2D eigenvalue weighted by atomic mass is 10.1. The second-order valence-corrected chi connectivity index (χ2v) is 2.93. The summed E-state index contributed by atoms with van der Waals surface area (Å²) in [5, 5.41) is 0. The Morgan fingerprint density at radius 2 is 2.18 bits per heavy atom. The zero-order valence-electron chi connectivity index (χ0n) is 6.51. The van der Waals surface area contributed by atoms with Crippen LogP contribution in [0.5, 0.6) is 0 Å². The van der Waals surface area contributed by atoms with Gasteiger partial charge in [-0.1, -0.05) is 12.8 Å². The molecule has 0 radical (unpaired) electrons. The zero-order valence-corrected chi connectivity index (χ0v) is 6.51. The number of carbonyl (C=O) groups is 1. The molecule has 0 aromatic carbocycles. The summed E-state index contributed by atoms with van der Waals surface area (Å²) >= 11 is 0. The van der Waals surface area contributed by atoms with Gasteiger partial charge in [-0.25, -0.2) is 10.3 Å². The first-order valence-electron chi connectivity index (χ1n) is 3.96. The molecule has 1 aliphatic carbocycles. The van der Waals surface area contributed by atoms with Crippen LogP contribution in [-0.4, -0.2) is 12.6 Å². The van der Waals surface area contributed by atoms with Crippen molar-refractivity contribution >= 4 is 6.03 Å². The SMILES string of the molecule is NC(=O)NOCC1CCCC1. The van der Waals surface area contributed by atoms with Gasteiger partial charge in [0, 0.05) is 0 Å². The Bertz CT molecular complexity index is 132. The Hall–Kier alpha value is -0.770. The lowest BCUT2D eigenvalue weighted by molar-refractivity contribution is 0.0409. The molecule has 0 bridgehead atoms. The maximum Gasteiger partial charge on any atom is 0.336 e.